The summed E-state index contributed by atoms with van der Waals surface area (Å²) in [5, 5.41) is 6.71. The molecule has 5 heteroatoms. The molecule has 374 valence electrons. The molecule has 0 unspecified atom stereocenters. The molecule has 0 atom stereocenters. The van der Waals surface area contributed by atoms with E-state index in [-0.39, 0.29) is 0 Å². The number of rotatable bonds is 13. The fourth-order valence-corrected chi connectivity index (χ4v) is 11.6. The summed E-state index contributed by atoms with van der Waals surface area (Å²) in [6, 6.07) is 116. The highest BCUT2D eigenvalue weighted by molar-refractivity contribution is 6.25. The van der Waals surface area contributed by atoms with Crippen molar-refractivity contribution in [2.45, 2.75) is 0 Å². The van der Waals surface area contributed by atoms with Gasteiger partial charge >= 0.3 is 0 Å². The van der Waals surface area contributed by atoms with Crippen LogP contribution in [0.5, 0.6) is 0 Å². The Morgan fingerprint density at radius 2 is 0.456 bits per heavy atom. The maximum absolute atomic E-state index is 2.50. The van der Waals surface area contributed by atoms with E-state index in [4.69, 9.17) is 0 Å². The van der Waals surface area contributed by atoms with Crippen LogP contribution in [-0.4, -0.2) is 4.57 Å². The zero-order valence-electron chi connectivity index (χ0n) is 43.3. The third-order valence-corrected chi connectivity index (χ3v) is 15.0. The molecule has 0 saturated carbocycles. The molecule has 14 rings (SSSR count). The van der Waals surface area contributed by atoms with Crippen LogP contribution in [0.4, 0.5) is 68.2 Å². The largest absolute Gasteiger partial charge is 0.310 e. The van der Waals surface area contributed by atoms with Gasteiger partial charge in [0, 0.05) is 94.9 Å². The lowest BCUT2D eigenvalue weighted by molar-refractivity contribution is 1.18. The van der Waals surface area contributed by atoms with Gasteiger partial charge < -0.3 is 24.2 Å². The third-order valence-electron chi connectivity index (χ3n) is 15.0. The molecule has 0 aliphatic heterocycles. The van der Waals surface area contributed by atoms with Gasteiger partial charge in [-0.05, 0) is 146 Å². The summed E-state index contributed by atoms with van der Waals surface area (Å²) in [5.74, 6) is 0. The predicted octanol–water partition coefficient (Wildman–Crippen LogP) is 21.0. The molecule has 0 N–H and O–H groups in total. The Morgan fingerprint density at radius 1 is 0.177 bits per heavy atom. The van der Waals surface area contributed by atoms with Crippen molar-refractivity contribution in [3.05, 3.63) is 322 Å². The third kappa shape index (κ3) is 8.56. The highest BCUT2D eigenvalue weighted by Crippen LogP contribution is 2.54. The molecule has 0 radical (unpaired) electrons. The summed E-state index contributed by atoms with van der Waals surface area (Å²) >= 11 is 0. The maximum atomic E-state index is 2.50. The van der Waals surface area contributed by atoms with Crippen molar-refractivity contribution < 1.29 is 0 Å². The number of anilines is 12. The SMILES string of the molecule is c1ccc(N(c2ccccc2)c2ccc3c(N(c4ccccc4)c4ccc5c(c4)c4ccccc4n5-c4ccccc4)c4cc(N(c5ccccc5)c5ccccc5)ccc4c(N(c4ccccc4)c4ccccc4)c3c2)cc1. The van der Waals surface area contributed by atoms with Crippen LogP contribution in [-0.2, 0) is 0 Å². The van der Waals surface area contributed by atoms with Gasteiger partial charge in [-0.2, -0.15) is 0 Å². The minimum Gasteiger partial charge on any atom is -0.310 e. The van der Waals surface area contributed by atoms with E-state index in [2.05, 4.69) is 346 Å². The van der Waals surface area contributed by atoms with Gasteiger partial charge in [0.05, 0.1) is 22.4 Å². The molecule has 0 amide bonds. The smallest absolute Gasteiger partial charge is 0.0620 e. The maximum Gasteiger partial charge on any atom is 0.0620 e. The number of benzene rings is 13. The second-order valence-corrected chi connectivity index (χ2v) is 19.7. The molecule has 1 heterocycles. The first-order valence-corrected chi connectivity index (χ1v) is 26.9. The number of para-hydroxylation sites is 9. The summed E-state index contributed by atoms with van der Waals surface area (Å²) in [6.07, 6.45) is 0. The van der Waals surface area contributed by atoms with Gasteiger partial charge in [0.1, 0.15) is 0 Å². The van der Waals surface area contributed by atoms with Crippen molar-refractivity contribution in [1.29, 1.82) is 0 Å². The highest BCUT2D eigenvalue weighted by Gasteiger charge is 2.29. The summed E-state index contributed by atoms with van der Waals surface area (Å²) in [4.78, 5) is 9.70. The number of hydrogen-bond donors (Lipinski definition) is 0. The lowest BCUT2D eigenvalue weighted by Crippen LogP contribution is -2.16. The van der Waals surface area contributed by atoms with Crippen LogP contribution in [0.25, 0.3) is 49.0 Å². The summed E-state index contributed by atoms with van der Waals surface area (Å²) in [7, 11) is 0. The monoisotopic (exact) mass is 1010 g/mol. The number of nitrogens with zero attached hydrogens (tertiary/aromatic N) is 5. The van der Waals surface area contributed by atoms with E-state index < -0.39 is 0 Å². The second-order valence-electron chi connectivity index (χ2n) is 19.7. The molecule has 5 nitrogen and oxygen atoms in total. The minimum atomic E-state index is 1.03. The molecule has 14 aromatic rings. The van der Waals surface area contributed by atoms with E-state index >= 15 is 0 Å². The average Bonchev–Trinajstić information content (AvgIpc) is 3.84. The molecule has 0 bridgehead atoms. The van der Waals surface area contributed by atoms with Crippen LogP contribution in [0.1, 0.15) is 0 Å². The van der Waals surface area contributed by atoms with E-state index in [0.29, 0.717) is 0 Å². The van der Waals surface area contributed by atoms with E-state index in [1.165, 1.54) is 10.8 Å². The second kappa shape index (κ2) is 20.5. The Balaban J connectivity index is 1.14. The number of hydrogen-bond acceptors (Lipinski definition) is 4. The van der Waals surface area contributed by atoms with Crippen molar-refractivity contribution in [2.24, 2.45) is 0 Å². The Morgan fingerprint density at radius 3 is 0.848 bits per heavy atom. The van der Waals surface area contributed by atoms with Crippen LogP contribution < -0.4 is 19.6 Å². The Hall–Kier alpha value is -10.6. The van der Waals surface area contributed by atoms with E-state index in [9.17, 15) is 0 Å². The van der Waals surface area contributed by atoms with Crippen molar-refractivity contribution in [1.82, 2.24) is 4.57 Å². The number of aromatic nitrogens is 1. The molecular weight excluding hydrogens is 959 g/mol. The normalized spacial score (nSPS) is 11.3. The topological polar surface area (TPSA) is 17.9 Å². The van der Waals surface area contributed by atoms with Gasteiger partial charge in [-0.25, -0.2) is 0 Å². The van der Waals surface area contributed by atoms with Crippen molar-refractivity contribution in [2.75, 3.05) is 19.6 Å². The minimum absolute atomic E-state index is 1.03. The molecular formula is C74H53N5. The van der Waals surface area contributed by atoms with Crippen LogP contribution >= 0.6 is 0 Å². The van der Waals surface area contributed by atoms with Crippen molar-refractivity contribution in [3.8, 4) is 5.69 Å². The van der Waals surface area contributed by atoms with Crippen LogP contribution in [0.2, 0.25) is 0 Å². The molecule has 0 spiro atoms. The fraction of sp³-hybridized carbons (Fsp3) is 0. The molecule has 1 aromatic heterocycles. The standard InChI is InChI=1S/C74H53N5/c1-9-27-54(28-10-1)75(55-29-11-2-12-30-55)62-46-49-67-69(52-62)73(77(58-35-17-5-18-36-58)59-37-19-6-20-38-59)66-48-45-63(76(56-31-13-3-14-32-56)57-33-15-4-16-34-57)53-70(66)74(67)78(60-39-21-7-22-40-60)64-47-50-72-68(51-64)65-43-25-26-44-71(65)79(72)61-41-23-8-24-42-61/h1-53H. The summed E-state index contributed by atoms with van der Waals surface area (Å²) in [5.41, 5.74) is 16.1. The Labute approximate surface area is 460 Å². The highest BCUT2D eigenvalue weighted by atomic mass is 15.2. The van der Waals surface area contributed by atoms with Gasteiger partial charge in [0.25, 0.3) is 0 Å². The quantitative estimate of drug-likeness (QED) is 0.0846. The summed E-state index contributed by atoms with van der Waals surface area (Å²) in [6.45, 7) is 0. The molecule has 0 aliphatic rings. The van der Waals surface area contributed by atoms with E-state index in [1.54, 1.807) is 0 Å². The first-order valence-electron chi connectivity index (χ1n) is 26.9. The zero-order chi connectivity index (χ0) is 52.5. The van der Waals surface area contributed by atoms with Crippen molar-refractivity contribution in [3.63, 3.8) is 0 Å². The van der Waals surface area contributed by atoms with Gasteiger partial charge in [-0.15, -0.1) is 0 Å². The zero-order valence-corrected chi connectivity index (χ0v) is 43.3. The molecule has 0 fully saturated rings. The van der Waals surface area contributed by atoms with Crippen LogP contribution in [0.3, 0.4) is 0 Å². The Kier molecular flexibility index (Phi) is 12.2. The lowest BCUT2D eigenvalue weighted by atomic mass is 9.93. The van der Waals surface area contributed by atoms with Gasteiger partial charge in [-0.3, -0.25) is 0 Å². The van der Waals surface area contributed by atoms with Gasteiger partial charge in [0.15, 0.2) is 0 Å². The first-order chi connectivity index (χ1) is 39.2. The molecule has 79 heavy (non-hydrogen) atoms. The molecule has 0 saturated heterocycles. The molecule has 13 aromatic carbocycles. The summed E-state index contributed by atoms with van der Waals surface area (Å²) < 4.78 is 2.39. The molecule has 0 aliphatic carbocycles. The Bertz CT molecular complexity index is 4290. The van der Waals surface area contributed by atoms with Crippen molar-refractivity contribution >= 4 is 112 Å². The number of fused-ring (bicyclic) bond motifs is 5. The fourth-order valence-electron chi connectivity index (χ4n) is 11.6. The van der Waals surface area contributed by atoms with E-state index in [1.807, 2.05) is 0 Å². The average molecular weight is 1010 g/mol. The first kappa shape index (κ1) is 46.9. The van der Waals surface area contributed by atoms with E-state index in [0.717, 1.165) is 107 Å². The van der Waals surface area contributed by atoms with Crippen LogP contribution in [0.15, 0.2) is 322 Å². The lowest BCUT2D eigenvalue weighted by Gasteiger charge is -2.34. The predicted molar refractivity (Wildman–Crippen MR) is 335 cm³/mol. The van der Waals surface area contributed by atoms with Crippen LogP contribution in [0, 0.1) is 0 Å². The van der Waals surface area contributed by atoms with Gasteiger partial charge in [-0.1, -0.05) is 176 Å². The van der Waals surface area contributed by atoms with Gasteiger partial charge in [0.2, 0.25) is 0 Å².